The molecule has 3 unspecified atom stereocenters. The van der Waals surface area contributed by atoms with E-state index in [0.717, 1.165) is 29.4 Å². The standard InChI is InChI=1S/C23H26F2/c1-2-3-15-4-9-20-18(12-15)5-6-19-13-16(7-10-21(19)20)17-8-11-22(24)23(25)14-17/h7-8,10-11,13-15,18,20H,2-6,9,12H2,1H3. The van der Waals surface area contributed by atoms with Gasteiger partial charge in [-0.25, -0.2) is 8.78 Å². The number of benzene rings is 2. The van der Waals surface area contributed by atoms with Gasteiger partial charge in [-0.3, -0.25) is 0 Å². The second-order valence-electron chi connectivity index (χ2n) is 7.92. The Hall–Kier alpha value is -1.70. The van der Waals surface area contributed by atoms with Crippen LogP contribution in [0.5, 0.6) is 0 Å². The van der Waals surface area contributed by atoms with E-state index in [0.29, 0.717) is 5.92 Å². The van der Waals surface area contributed by atoms with Crippen molar-refractivity contribution in [1.82, 2.24) is 0 Å². The highest BCUT2D eigenvalue weighted by atomic mass is 19.2. The molecular weight excluding hydrogens is 314 g/mol. The predicted octanol–water partition coefficient (Wildman–Crippen LogP) is 6.88. The average Bonchev–Trinajstić information content (AvgIpc) is 2.63. The van der Waals surface area contributed by atoms with E-state index in [9.17, 15) is 8.78 Å². The van der Waals surface area contributed by atoms with Crippen molar-refractivity contribution in [2.45, 2.75) is 57.8 Å². The van der Waals surface area contributed by atoms with Gasteiger partial charge in [0.2, 0.25) is 0 Å². The Labute approximate surface area is 149 Å². The lowest BCUT2D eigenvalue weighted by atomic mass is 9.64. The first-order chi connectivity index (χ1) is 12.2. The molecule has 0 aliphatic heterocycles. The lowest BCUT2D eigenvalue weighted by Gasteiger charge is -2.40. The first-order valence-electron chi connectivity index (χ1n) is 9.74. The molecule has 0 nitrogen and oxygen atoms in total. The van der Waals surface area contributed by atoms with E-state index in [2.05, 4.69) is 25.1 Å². The van der Waals surface area contributed by atoms with Crippen molar-refractivity contribution in [3.8, 4) is 11.1 Å². The Morgan fingerprint density at radius 2 is 1.72 bits per heavy atom. The molecule has 2 heteroatoms. The third-order valence-electron chi connectivity index (χ3n) is 6.37. The maximum atomic E-state index is 13.5. The van der Waals surface area contributed by atoms with Gasteiger partial charge >= 0.3 is 0 Å². The third kappa shape index (κ3) is 3.23. The van der Waals surface area contributed by atoms with E-state index in [1.165, 1.54) is 61.8 Å². The second-order valence-corrected chi connectivity index (χ2v) is 7.92. The number of fused-ring (bicyclic) bond motifs is 3. The Morgan fingerprint density at radius 1 is 0.920 bits per heavy atom. The fourth-order valence-electron chi connectivity index (χ4n) is 5.14. The summed E-state index contributed by atoms with van der Waals surface area (Å²) in [6.45, 7) is 2.29. The highest BCUT2D eigenvalue weighted by Crippen LogP contribution is 2.48. The molecule has 2 aliphatic carbocycles. The molecule has 3 atom stereocenters. The largest absolute Gasteiger partial charge is 0.204 e. The van der Waals surface area contributed by atoms with Gasteiger partial charge in [-0.1, -0.05) is 44.0 Å². The molecule has 0 spiro atoms. The van der Waals surface area contributed by atoms with Gasteiger partial charge in [0.15, 0.2) is 11.6 Å². The van der Waals surface area contributed by atoms with Crippen LogP contribution in [0.25, 0.3) is 11.1 Å². The third-order valence-corrected chi connectivity index (χ3v) is 6.37. The molecule has 2 aromatic rings. The molecule has 0 heterocycles. The topological polar surface area (TPSA) is 0 Å². The molecule has 0 aromatic heterocycles. The summed E-state index contributed by atoms with van der Waals surface area (Å²) in [5.41, 5.74) is 4.68. The average molecular weight is 340 g/mol. The summed E-state index contributed by atoms with van der Waals surface area (Å²) in [5, 5.41) is 0. The van der Waals surface area contributed by atoms with Crippen LogP contribution in [0.4, 0.5) is 8.78 Å². The van der Waals surface area contributed by atoms with Crippen molar-refractivity contribution >= 4 is 0 Å². The molecule has 0 radical (unpaired) electrons. The van der Waals surface area contributed by atoms with Crippen LogP contribution in [0, 0.1) is 23.5 Å². The Morgan fingerprint density at radius 3 is 2.52 bits per heavy atom. The Balaban J connectivity index is 1.59. The summed E-state index contributed by atoms with van der Waals surface area (Å²) in [6, 6.07) is 10.7. The number of hydrogen-bond acceptors (Lipinski definition) is 0. The molecule has 0 saturated heterocycles. The zero-order valence-corrected chi connectivity index (χ0v) is 14.9. The smallest absolute Gasteiger partial charge is 0.159 e. The maximum Gasteiger partial charge on any atom is 0.159 e. The van der Waals surface area contributed by atoms with Crippen LogP contribution in [-0.4, -0.2) is 0 Å². The minimum absolute atomic E-state index is 0.705. The summed E-state index contributed by atoms with van der Waals surface area (Å²) >= 11 is 0. The number of rotatable bonds is 3. The van der Waals surface area contributed by atoms with E-state index >= 15 is 0 Å². The van der Waals surface area contributed by atoms with Crippen LogP contribution in [0.1, 0.15) is 62.5 Å². The molecule has 0 N–H and O–H groups in total. The van der Waals surface area contributed by atoms with Crippen LogP contribution in [0.15, 0.2) is 36.4 Å². The molecule has 132 valence electrons. The van der Waals surface area contributed by atoms with Crippen molar-refractivity contribution in [1.29, 1.82) is 0 Å². The first kappa shape index (κ1) is 16.8. The molecule has 25 heavy (non-hydrogen) atoms. The van der Waals surface area contributed by atoms with Crippen LogP contribution >= 0.6 is 0 Å². The van der Waals surface area contributed by atoms with Gasteiger partial charge in [-0.05, 0) is 84.2 Å². The highest BCUT2D eigenvalue weighted by Gasteiger charge is 2.34. The zero-order chi connectivity index (χ0) is 17.4. The summed E-state index contributed by atoms with van der Waals surface area (Å²) in [4.78, 5) is 0. The van der Waals surface area contributed by atoms with E-state index in [1.807, 2.05) is 0 Å². The van der Waals surface area contributed by atoms with E-state index < -0.39 is 11.6 Å². The van der Waals surface area contributed by atoms with E-state index in [1.54, 1.807) is 6.07 Å². The minimum atomic E-state index is -0.784. The summed E-state index contributed by atoms with van der Waals surface area (Å²) in [5.74, 6) is 0.912. The number of aryl methyl sites for hydroxylation is 1. The van der Waals surface area contributed by atoms with Crippen molar-refractivity contribution in [3.63, 3.8) is 0 Å². The fourth-order valence-corrected chi connectivity index (χ4v) is 5.14. The molecule has 1 fully saturated rings. The van der Waals surface area contributed by atoms with Crippen molar-refractivity contribution in [2.24, 2.45) is 11.8 Å². The van der Waals surface area contributed by atoms with Gasteiger partial charge in [-0.2, -0.15) is 0 Å². The van der Waals surface area contributed by atoms with Crippen LogP contribution < -0.4 is 0 Å². The molecule has 2 aromatic carbocycles. The molecule has 0 amide bonds. The molecule has 1 saturated carbocycles. The van der Waals surface area contributed by atoms with Crippen molar-refractivity contribution in [3.05, 3.63) is 59.2 Å². The SMILES string of the molecule is CCCC1CCC2c3ccc(-c4ccc(F)c(F)c4)cc3CCC2C1. The first-order valence-corrected chi connectivity index (χ1v) is 9.74. The zero-order valence-electron chi connectivity index (χ0n) is 14.9. The lowest BCUT2D eigenvalue weighted by molar-refractivity contribution is 0.201. The van der Waals surface area contributed by atoms with Gasteiger partial charge in [0, 0.05) is 0 Å². The molecule has 2 aliphatic rings. The van der Waals surface area contributed by atoms with Crippen molar-refractivity contribution in [2.75, 3.05) is 0 Å². The normalized spacial score (nSPS) is 25.3. The van der Waals surface area contributed by atoms with E-state index in [-0.39, 0.29) is 0 Å². The van der Waals surface area contributed by atoms with Crippen LogP contribution in [0.3, 0.4) is 0 Å². The van der Waals surface area contributed by atoms with Crippen molar-refractivity contribution < 1.29 is 8.78 Å². The summed E-state index contributed by atoms with van der Waals surface area (Å²) < 4.78 is 26.7. The van der Waals surface area contributed by atoms with E-state index in [4.69, 9.17) is 0 Å². The molecular formula is C23H26F2. The molecule has 4 rings (SSSR count). The maximum absolute atomic E-state index is 13.5. The lowest BCUT2D eigenvalue weighted by Crippen LogP contribution is -2.28. The summed E-state index contributed by atoms with van der Waals surface area (Å²) in [7, 11) is 0. The quantitative estimate of drug-likeness (QED) is 0.571. The Kier molecular flexibility index (Phi) is 4.62. The van der Waals surface area contributed by atoms with Crippen LogP contribution in [0.2, 0.25) is 0 Å². The number of halogens is 2. The highest BCUT2D eigenvalue weighted by molar-refractivity contribution is 5.65. The predicted molar refractivity (Wildman–Crippen MR) is 98.6 cm³/mol. The molecule has 0 bridgehead atoms. The van der Waals surface area contributed by atoms with Gasteiger partial charge in [0.25, 0.3) is 0 Å². The Bertz CT molecular complexity index is 765. The monoisotopic (exact) mass is 340 g/mol. The van der Waals surface area contributed by atoms with Gasteiger partial charge < -0.3 is 0 Å². The summed E-state index contributed by atoms with van der Waals surface area (Å²) in [6.07, 6.45) is 9.14. The second kappa shape index (κ2) is 6.90. The number of hydrogen-bond donors (Lipinski definition) is 0. The van der Waals surface area contributed by atoms with Gasteiger partial charge in [-0.15, -0.1) is 0 Å². The van der Waals surface area contributed by atoms with Gasteiger partial charge in [0.1, 0.15) is 0 Å². The fraction of sp³-hybridized carbons (Fsp3) is 0.478. The van der Waals surface area contributed by atoms with Crippen LogP contribution in [-0.2, 0) is 6.42 Å². The van der Waals surface area contributed by atoms with Gasteiger partial charge in [0.05, 0.1) is 0 Å². The minimum Gasteiger partial charge on any atom is -0.204 e.